The van der Waals surface area contributed by atoms with Crippen molar-refractivity contribution >= 4 is 27.5 Å². The maximum absolute atomic E-state index is 13.1. The SMILES string of the molecule is Cc1nn(Cn2nc(C)c(NC(=O)c3noc(C)c3COc3ccc(F)cc3)c2C)c(C)c1Br. The van der Waals surface area contributed by atoms with Crippen LogP contribution < -0.4 is 10.1 Å². The van der Waals surface area contributed by atoms with E-state index < -0.39 is 5.91 Å². The molecule has 0 saturated carbocycles. The fourth-order valence-corrected chi connectivity index (χ4v) is 3.84. The second-order valence-electron chi connectivity index (χ2n) is 7.93. The minimum atomic E-state index is -0.436. The minimum absolute atomic E-state index is 0.0494. The molecule has 3 heterocycles. The third kappa shape index (κ3) is 4.60. The van der Waals surface area contributed by atoms with Crippen LogP contribution in [0.15, 0.2) is 33.3 Å². The highest BCUT2D eigenvalue weighted by molar-refractivity contribution is 9.10. The zero-order valence-electron chi connectivity index (χ0n) is 19.4. The standard InChI is InChI=1S/C23H24BrFN6O3/c1-12-20(24)14(3)30(27-12)11-31-15(4)21(13(2)28-31)26-23(32)22-19(16(5)34-29-22)10-33-18-8-6-17(25)7-9-18/h6-9H,10-11H2,1-5H3,(H,26,32). The fraction of sp³-hybridized carbons (Fsp3) is 0.304. The molecule has 0 unspecified atom stereocenters. The van der Waals surface area contributed by atoms with Crippen molar-refractivity contribution in [2.45, 2.75) is 47.9 Å². The number of anilines is 1. The average Bonchev–Trinajstić information content (AvgIpc) is 3.39. The van der Waals surface area contributed by atoms with Gasteiger partial charge in [-0.3, -0.25) is 4.79 Å². The largest absolute Gasteiger partial charge is 0.489 e. The number of amides is 1. The molecule has 0 fully saturated rings. The molecule has 3 aromatic heterocycles. The number of carbonyl (C=O) groups excluding carboxylic acids is 1. The number of aryl methyl sites for hydroxylation is 3. The summed E-state index contributed by atoms with van der Waals surface area (Å²) in [5.41, 5.74) is 4.54. The summed E-state index contributed by atoms with van der Waals surface area (Å²) in [7, 11) is 0. The zero-order chi connectivity index (χ0) is 24.6. The van der Waals surface area contributed by atoms with Crippen LogP contribution in [0.3, 0.4) is 0 Å². The van der Waals surface area contributed by atoms with Crippen LogP contribution in [0.5, 0.6) is 5.75 Å². The Morgan fingerprint density at radius 3 is 2.35 bits per heavy atom. The number of hydrogen-bond acceptors (Lipinski definition) is 6. The molecule has 1 N–H and O–H groups in total. The van der Waals surface area contributed by atoms with Crippen molar-refractivity contribution in [3.8, 4) is 5.75 Å². The van der Waals surface area contributed by atoms with Gasteiger partial charge < -0.3 is 14.6 Å². The van der Waals surface area contributed by atoms with Gasteiger partial charge in [0.05, 0.1) is 38.5 Å². The number of hydrogen-bond donors (Lipinski definition) is 1. The highest BCUT2D eigenvalue weighted by Gasteiger charge is 2.23. The van der Waals surface area contributed by atoms with E-state index in [0.29, 0.717) is 35.1 Å². The Bertz CT molecular complexity index is 1360. The summed E-state index contributed by atoms with van der Waals surface area (Å²) in [4.78, 5) is 13.1. The van der Waals surface area contributed by atoms with Gasteiger partial charge in [-0.1, -0.05) is 5.16 Å². The number of carbonyl (C=O) groups is 1. The molecule has 0 saturated heterocycles. The summed E-state index contributed by atoms with van der Waals surface area (Å²) in [5, 5.41) is 15.9. The van der Waals surface area contributed by atoms with Crippen LogP contribution >= 0.6 is 15.9 Å². The van der Waals surface area contributed by atoms with Gasteiger partial charge in [0.2, 0.25) is 0 Å². The van der Waals surface area contributed by atoms with E-state index >= 15 is 0 Å². The molecule has 4 aromatic rings. The topological polar surface area (TPSA) is 100 Å². The van der Waals surface area contributed by atoms with Gasteiger partial charge in [0.25, 0.3) is 5.91 Å². The van der Waals surface area contributed by atoms with Gasteiger partial charge in [0.15, 0.2) is 5.69 Å². The summed E-state index contributed by atoms with van der Waals surface area (Å²) >= 11 is 3.54. The second kappa shape index (κ2) is 9.41. The number of aromatic nitrogens is 5. The van der Waals surface area contributed by atoms with E-state index in [2.05, 4.69) is 36.6 Å². The monoisotopic (exact) mass is 530 g/mol. The Balaban J connectivity index is 1.52. The third-order valence-electron chi connectivity index (χ3n) is 5.58. The first kappa shape index (κ1) is 23.7. The number of ether oxygens (including phenoxy) is 1. The number of halogens is 2. The van der Waals surface area contributed by atoms with E-state index in [-0.39, 0.29) is 18.1 Å². The second-order valence-corrected chi connectivity index (χ2v) is 8.73. The number of nitrogens with zero attached hydrogens (tertiary/aromatic N) is 5. The lowest BCUT2D eigenvalue weighted by Gasteiger charge is -2.09. The lowest BCUT2D eigenvalue weighted by Crippen LogP contribution is -2.17. The van der Waals surface area contributed by atoms with Crippen molar-refractivity contribution < 1.29 is 18.4 Å². The molecular weight excluding hydrogens is 507 g/mol. The Morgan fingerprint density at radius 1 is 1.06 bits per heavy atom. The minimum Gasteiger partial charge on any atom is -0.489 e. The third-order valence-corrected chi connectivity index (χ3v) is 6.73. The number of benzene rings is 1. The molecule has 1 aromatic carbocycles. The molecule has 1 amide bonds. The average molecular weight is 531 g/mol. The van der Waals surface area contributed by atoms with E-state index in [1.807, 2.05) is 32.4 Å². The van der Waals surface area contributed by atoms with Crippen LogP contribution in [0.2, 0.25) is 0 Å². The molecule has 9 nitrogen and oxygen atoms in total. The van der Waals surface area contributed by atoms with Crippen LogP contribution in [0.25, 0.3) is 0 Å². The lowest BCUT2D eigenvalue weighted by atomic mass is 10.2. The van der Waals surface area contributed by atoms with Gasteiger partial charge in [-0.25, -0.2) is 13.8 Å². The summed E-state index contributed by atoms with van der Waals surface area (Å²) in [5.74, 6) is 0.142. The maximum Gasteiger partial charge on any atom is 0.278 e. The quantitative estimate of drug-likeness (QED) is 0.366. The highest BCUT2D eigenvalue weighted by Crippen LogP contribution is 2.24. The van der Waals surface area contributed by atoms with E-state index in [0.717, 1.165) is 21.6 Å². The highest BCUT2D eigenvalue weighted by atomic mass is 79.9. The molecule has 0 aliphatic heterocycles. The summed E-state index contributed by atoms with van der Waals surface area (Å²) in [6.07, 6.45) is 0. The Hall–Kier alpha value is -3.47. The van der Waals surface area contributed by atoms with Gasteiger partial charge in [0.1, 0.15) is 30.6 Å². The summed E-state index contributed by atoms with van der Waals surface area (Å²) < 4.78 is 28.6. The van der Waals surface area contributed by atoms with Crippen molar-refractivity contribution in [1.29, 1.82) is 0 Å². The number of nitrogens with one attached hydrogen (secondary N) is 1. The fourth-order valence-electron chi connectivity index (χ4n) is 3.55. The van der Waals surface area contributed by atoms with E-state index in [9.17, 15) is 9.18 Å². The Morgan fingerprint density at radius 2 is 1.71 bits per heavy atom. The predicted octanol–water partition coefficient (Wildman–Crippen LogP) is 4.85. The van der Waals surface area contributed by atoms with E-state index in [4.69, 9.17) is 9.26 Å². The van der Waals surface area contributed by atoms with Crippen LogP contribution in [0.1, 0.15) is 44.6 Å². The van der Waals surface area contributed by atoms with Crippen molar-refractivity contribution in [2.75, 3.05) is 5.32 Å². The van der Waals surface area contributed by atoms with Crippen molar-refractivity contribution in [3.63, 3.8) is 0 Å². The van der Waals surface area contributed by atoms with Crippen LogP contribution in [0, 0.1) is 40.4 Å². The molecule has 34 heavy (non-hydrogen) atoms. The molecule has 11 heteroatoms. The van der Waals surface area contributed by atoms with Crippen molar-refractivity contribution in [1.82, 2.24) is 24.7 Å². The van der Waals surface area contributed by atoms with Gasteiger partial charge in [-0.2, -0.15) is 10.2 Å². The molecule has 0 atom stereocenters. The van der Waals surface area contributed by atoms with Crippen molar-refractivity contribution in [2.24, 2.45) is 0 Å². The van der Waals surface area contributed by atoms with Gasteiger partial charge in [0, 0.05) is 0 Å². The van der Waals surface area contributed by atoms with Crippen LogP contribution in [-0.4, -0.2) is 30.6 Å². The summed E-state index contributed by atoms with van der Waals surface area (Å²) in [6.45, 7) is 9.76. The first-order valence-corrected chi connectivity index (χ1v) is 11.3. The Labute approximate surface area is 204 Å². The smallest absolute Gasteiger partial charge is 0.278 e. The zero-order valence-corrected chi connectivity index (χ0v) is 21.0. The van der Waals surface area contributed by atoms with Crippen molar-refractivity contribution in [3.05, 3.63) is 74.3 Å². The van der Waals surface area contributed by atoms with Gasteiger partial charge in [-0.15, -0.1) is 0 Å². The molecule has 0 spiro atoms. The Kier molecular flexibility index (Phi) is 6.56. The molecule has 4 rings (SSSR count). The van der Waals surface area contributed by atoms with Crippen LogP contribution in [-0.2, 0) is 13.3 Å². The maximum atomic E-state index is 13.1. The summed E-state index contributed by atoms with van der Waals surface area (Å²) in [6, 6.07) is 5.63. The van der Waals surface area contributed by atoms with E-state index in [1.165, 1.54) is 24.3 Å². The molecule has 178 valence electrons. The first-order chi connectivity index (χ1) is 16.2. The first-order valence-electron chi connectivity index (χ1n) is 10.5. The molecule has 0 radical (unpaired) electrons. The number of rotatable bonds is 7. The normalized spacial score (nSPS) is 11.1. The predicted molar refractivity (Wildman–Crippen MR) is 126 cm³/mol. The van der Waals surface area contributed by atoms with Gasteiger partial charge >= 0.3 is 0 Å². The van der Waals surface area contributed by atoms with Crippen LogP contribution in [0.4, 0.5) is 10.1 Å². The van der Waals surface area contributed by atoms with E-state index in [1.54, 1.807) is 11.6 Å². The molecule has 0 bridgehead atoms. The molecule has 0 aliphatic rings. The van der Waals surface area contributed by atoms with Gasteiger partial charge in [-0.05, 0) is 74.8 Å². The molecule has 0 aliphatic carbocycles. The molecular formula is C23H24BrFN6O3. The lowest BCUT2D eigenvalue weighted by molar-refractivity contribution is 0.101.